The van der Waals surface area contributed by atoms with E-state index in [2.05, 4.69) is 61.5 Å². The zero-order valence-electron chi connectivity index (χ0n) is 17.7. The maximum Gasteiger partial charge on any atom is 0.193 e. The molecule has 8 heteroatoms. The molecule has 3 aromatic rings. The zero-order chi connectivity index (χ0) is 20.1. The number of pyridine rings is 1. The number of aliphatic imine (C=N–C) groups is 1. The highest BCUT2D eigenvalue weighted by atomic mass is 127. The summed E-state index contributed by atoms with van der Waals surface area (Å²) in [7, 11) is 1.86. The van der Waals surface area contributed by atoms with Crippen LogP contribution >= 0.6 is 24.0 Å². The van der Waals surface area contributed by atoms with Gasteiger partial charge < -0.3 is 10.2 Å². The molecule has 160 valence electrons. The first-order valence-electron chi connectivity index (χ1n) is 10.2. The number of benzene rings is 1. The van der Waals surface area contributed by atoms with Crippen molar-refractivity contribution < 1.29 is 0 Å². The highest BCUT2D eigenvalue weighted by Crippen LogP contribution is 2.10. The van der Waals surface area contributed by atoms with Gasteiger partial charge in [0.1, 0.15) is 5.82 Å². The van der Waals surface area contributed by atoms with Crippen LogP contribution in [0.15, 0.2) is 53.7 Å². The summed E-state index contributed by atoms with van der Waals surface area (Å²) in [5.41, 5.74) is 3.60. The second kappa shape index (κ2) is 10.7. The van der Waals surface area contributed by atoms with Gasteiger partial charge >= 0.3 is 0 Å². The molecule has 7 nitrogen and oxygen atoms in total. The summed E-state index contributed by atoms with van der Waals surface area (Å²) in [5, 5.41) is 12.0. The molecule has 3 heterocycles. The molecule has 1 N–H and O–H groups in total. The molecule has 30 heavy (non-hydrogen) atoms. The van der Waals surface area contributed by atoms with Crippen LogP contribution in [0.1, 0.15) is 17.0 Å². The molecule has 0 radical (unpaired) electrons. The molecule has 0 spiro atoms. The van der Waals surface area contributed by atoms with Crippen molar-refractivity contribution in [2.75, 3.05) is 39.8 Å². The van der Waals surface area contributed by atoms with Gasteiger partial charge in [-0.15, -0.1) is 34.2 Å². The van der Waals surface area contributed by atoms with E-state index in [4.69, 9.17) is 0 Å². The van der Waals surface area contributed by atoms with E-state index in [1.807, 2.05) is 35.8 Å². The molecule has 1 fully saturated rings. The Balaban J connectivity index is 0.00000256. The van der Waals surface area contributed by atoms with Crippen LogP contribution in [0.4, 0.5) is 0 Å². The Hall–Kier alpha value is -2.20. The topological polar surface area (TPSA) is 61.1 Å². The Morgan fingerprint density at radius 2 is 1.90 bits per heavy atom. The summed E-state index contributed by atoms with van der Waals surface area (Å²) >= 11 is 0. The molecule has 4 rings (SSSR count). The van der Waals surface area contributed by atoms with Crippen molar-refractivity contribution >= 4 is 35.6 Å². The Bertz CT molecular complexity index is 976. The number of nitrogens with one attached hydrogen (secondary N) is 1. The first-order chi connectivity index (χ1) is 14.2. The second-order valence-corrected chi connectivity index (χ2v) is 7.52. The van der Waals surface area contributed by atoms with Gasteiger partial charge in [0, 0.05) is 58.9 Å². The number of rotatable bonds is 5. The third-order valence-corrected chi connectivity index (χ3v) is 5.39. The van der Waals surface area contributed by atoms with E-state index in [9.17, 15) is 0 Å². The van der Waals surface area contributed by atoms with Crippen molar-refractivity contribution in [2.24, 2.45) is 4.99 Å². The normalized spacial score (nSPS) is 15.3. The summed E-state index contributed by atoms with van der Waals surface area (Å²) in [4.78, 5) is 9.34. The summed E-state index contributed by atoms with van der Waals surface area (Å²) in [5.74, 6) is 1.93. The molecule has 2 aromatic heterocycles. The van der Waals surface area contributed by atoms with Crippen molar-refractivity contribution in [3.63, 3.8) is 0 Å². The fraction of sp³-hybridized carbons (Fsp3) is 0.409. The lowest BCUT2D eigenvalue weighted by Crippen LogP contribution is -2.52. The maximum absolute atomic E-state index is 4.48. The van der Waals surface area contributed by atoms with Crippen molar-refractivity contribution in [1.29, 1.82) is 0 Å². The molecular weight excluding hydrogens is 489 g/mol. The molecule has 1 aromatic carbocycles. The number of aromatic nitrogens is 3. The van der Waals surface area contributed by atoms with E-state index in [1.165, 1.54) is 11.1 Å². The summed E-state index contributed by atoms with van der Waals surface area (Å²) in [6, 6.07) is 14.7. The fourth-order valence-corrected chi connectivity index (χ4v) is 3.87. The largest absolute Gasteiger partial charge is 0.356 e. The predicted octanol–water partition coefficient (Wildman–Crippen LogP) is 2.59. The monoisotopic (exact) mass is 519 g/mol. The van der Waals surface area contributed by atoms with E-state index in [0.717, 1.165) is 63.1 Å². The number of aryl methyl sites for hydroxylation is 1. The van der Waals surface area contributed by atoms with E-state index in [0.29, 0.717) is 0 Å². The Labute approximate surface area is 195 Å². The number of hydrogen-bond donors (Lipinski definition) is 1. The average Bonchev–Trinajstić information content (AvgIpc) is 3.15. The number of piperazine rings is 1. The molecule has 1 aliphatic heterocycles. The summed E-state index contributed by atoms with van der Waals surface area (Å²) in [6.07, 6.45) is 2.81. The predicted molar refractivity (Wildman–Crippen MR) is 131 cm³/mol. The van der Waals surface area contributed by atoms with Gasteiger partial charge in [-0.2, -0.15) is 0 Å². The molecule has 0 atom stereocenters. The lowest BCUT2D eigenvalue weighted by Gasteiger charge is -2.36. The molecule has 0 aliphatic carbocycles. The van der Waals surface area contributed by atoms with Gasteiger partial charge in [-0.05, 0) is 24.6 Å². The van der Waals surface area contributed by atoms with Gasteiger partial charge in [0.05, 0.1) is 0 Å². The summed E-state index contributed by atoms with van der Waals surface area (Å²) < 4.78 is 2.04. The third-order valence-electron chi connectivity index (χ3n) is 5.39. The maximum atomic E-state index is 4.48. The molecule has 1 saturated heterocycles. The van der Waals surface area contributed by atoms with Crippen molar-refractivity contribution in [2.45, 2.75) is 19.9 Å². The minimum Gasteiger partial charge on any atom is -0.356 e. The van der Waals surface area contributed by atoms with Gasteiger partial charge in [-0.25, -0.2) is 0 Å². The minimum absolute atomic E-state index is 0. The van der Waals surface area contributed by atoms with Crippen LogP contribution in [0.5, 0.6) is 0 Å². The van der Waals surface area contributed by atoms with E-state index in [-0.39, 0.29) is 24.0 Å². The molecule has 0 unspecified atom stereocenters. The van der Waals surface area contributed by atoms with Gasteiger partial charge in [0.15, 0.2) is 11.6 Å². The number of guanidine groups is 1. The van der Waals surface area contributed by atoms with Crippen LogP contribution in [0.2, 0.25) is 0 Å². The SMILES string of the molecule is CN=C(NCCc1nnc2ccccn12)N1CCN(Cc2cccc(C)c2)CC1.I. The Morgan fingerprint density at radius 3 is 2.67 bits per heavy atom. The van der Waals surface area contributed by atoms with Gasteiger partial charge in [0.2, 0.25) is 0 Å². The second-order valence-electron chi connectivity index (χ2n) is 7.52. The van der Waals surface area contributed by atoms with Crippen molar-refractivity contribution in [3.8, 4) is 0 Å². The zero-order valence-corrected chi connectivity index (χ0v) is 20.0. The first kappa shape index (κ1) is 22.5. The van der Waals surface area contributed by atoms with Gasteiger partial charge in [0.25, 0.3) is 0 Å². The Morgan fingerprint density at radius 1 is 1.07 bits per heavy atom. The van der Waals surface area contributed by atoms with Crippen LogP contribution in [-0.4, -0.2) is 70.1 Å². The van der Waals surface area contributed by atoms with Crippen LogP contribution < -0.4 is 5.32 Å². The molecule has 0 amide bonds. The standard InChI is InChI=1S/C22H29N7.HI/c1-18-6-5-7-19(16-18)17-27-12-14-28(15-13-27)22(23-2)24-10-9-21-26-25-20-8-3-4-11-29(20)21;/h3-8,11,16H,9-10,12-15,17H2,1-2H3,(H,23,24);1H. The lowest BCUT2D eigenvalue weighted by atomic mass is 10.1. The van der Waals surface area contributed by atoms with Crippen LogP contribution in [0, 0.1) is 6.92 Å². The third kappa shape index (κ3) is 5.48. The van der Waals surface area contributed by atoms with E-state index >= 15 is 0 Å². The highest BCUT2D eigenvalue weighted by molar-refractivity contribution is 14.0. The van der Waals surface area contributed by atoms with Crippen LogP contribution in [0.25, 0.3) is 5.65 Å². The van der Waals surface area contributed by atoms with E-state index in [1.54, 1.807) is 0 Å². The number of hydrogen-bond acceptors (Lipinski definition) is 4. The number of fused-ring (bicyclic) bond motifs is 1. The molecule has 0 saturated carbocycles. The van der Waals surface area contributed by atoms with Gasteiger partial charge in [-0.3, -0.25) is 14.3 Å². The number of nitrogens with zero attached hydrogens (tertiary/aromatic N) is 6. The fourth-order valence-electron chi connectivity index (χ4n) is 3.87. The summed E-state index contributed by atoms with van der Waals surface area (Å²) in [6.45, 7) is 8.01. The van der Waals surface area contributed by atoms with Crippen LogP contribution in [0.3, 0.4) is 0 Å². The van der Waals surface area contributed by atoms with Gasteiger partial charge in [-0.1, -0.05) is 35.9 Å². The molecular formula is C22H30IN7. The molecule has 0 bridgehead atoms. The quantitative estimate of drug-likeness (QED) is 0.319. The Kier molecular flexibility index (Phi) is 8.03. The first-order valence-corrected chi connectivity index (χ1v) is 10.2. The number of halogens is 1. The average molecular weight is 519 g/mol. The van der Waals surface area contributed by atoms with Crippen molar-refractivity contribution in [1.82, 2.24) is 29.7 Å². The van der Waals surface area contributed by atoms with E-state index < -0.39 is 0 Å². The molecule has 1 aliphatic rings. The minimum atomic E-state index is 0. The highest BCUT2D eigenvalue weighted by Gasteiger charge is 2.19. The smallest absolute Gasteiger partial charge is 0.193 e. The van der Waals surface area contributed by atoms with Crippen molar-refractivity contribution in [3.05, 3.63) is 65.6 Å². The van der Waals surface area contributed by atoms with Crippen LogP contribution in [-0.2, 0) is 13.0 Å². The lowest BCUT2D eigenvalue weighted by molar-refractivity contribution is 0.172.